The lowest BCUT2D eigenvalue weighted by atomic mass is 10.2. The molecule has 22 heavy (non-hydrogen) atoms. The van der Waals surface area contributed by atoms with Gasteiger partial charge in [-0.3, -0.25) is 13.9 Å². The van der Waals surface area contributed by atoms with Crippen LogP contribution in [0.1, 0.15) is 5.56 Å². The molecule has 6 nitrogen and oxygen atoms in total. The number of hydrogen-bond donors (Lipinski definition) is 0. The van der Waals surface area contributed by atoms with Gasteiger partial charge in [-0.2, -0.15) is 4.98 Å². The second kappa shape index (κ2) is 5.40. The maximum atomic E-state index is 12.6. The van der Waals surface area contributed by atoms with E-state index in [2.05, 4.69) is 20.9 Å². The van der Waals surface area contributed by atoms with Crippen LogP contribution in [0, 0.1) is 0 Å². The van der Waals surface area contributed by atoms with Gasteiger partial charge in [-0.1, -0.05) is 28.1 Å². The Morgan fingerprint density at radius 1 is 1.14 bits per heavy atom. The molecule has 2 aromatic heterocycles. The summed E-state index contributed by atoms with van der Waals surface area (Å²) in [5, 5.41) is 0.170. The summed E-state index contributed by atoms with van der Waals surface area (Å²) in [6, 6.07) is 7.45. The van der Waals surface area contributed by atoms with Crippen LogP contribution in [0.15, 0.2) is 38.3 Å². The van der Waals surface area contributed by atoms with E-state index in [1.807, 2.05) is 24.3 Å². The van der Waals surface area contributed by atoms with Crippen molar-refractivity contribution in [1.82, 2.24) is 18.7 Å². The molecule has 3 rings (SSSR count). The van der Waals surface area contributed by atoms with Crippen LogP contribution >= 0.6 is 27.5 Å². The third kappa shape index (κ3) is 2.30. The van der Waals surface area contributed by atoms with Crippen molar-refractivity contribution in [2.24, 2.45) is 14.1 Å². The third-order valence-corrected chi connectivity index (χ3v) is 4.43. The third-order valence-electron chi connectivity index (χ3n) is 3.56. The Morgan fingerprint density at radius 3 is 2.41 bits per heavy atom. The summed E-state index contributed by atoms with van der Waals surface area (Å²) in [6.07, 6.45) is 0. The van der Waals surface area contributed by atoms with Crippen molar-refractivity contribution in [3.05, 3.63) is 60.4 Å². The van der Waals surface area contributed by atoms with Crippen molar-refractivity contribution in [2.45, 2.75) is 6.54 Å². The fourth-order valence-electron chi connectivity index (χ4n) is 2.33. The minimum atomic E-state index is -0.421. The number of imidazole rings is 1. The van der Waals surface area contributed by atoms with Gasteiger partial charge >= 0.3 is 5.69 Å². The summed E-state index contributed by atoms with van der Waals surface area (Å²) >= 11 is 9.32. The van der Waals surface area contributed by atoms with Crippen molar-refractivity contribution < 1.29 is 0 Å². The van der Waals surface area contributed by atoms with Crippen molar-refractivity contribution in [1.29, 1.82) is 0 Å². The molecule has 0 amide bonds. The van der Waals surface area contributed by atoms with Crippen molar-refractivity contribution in [2.75, 3.05) is 0 Å². The first-order valence-corrected chi connectivity index (χ1v) is 7.63. The number of rotatable bonds is 2. The molecule has 0 saturated heterocycles. The minimum Gasteiger partial charge on any atom is -0.312 e. The molecule has 0 saturated carbocycles. The number of benzene rings is 1. The summed E-state index contributed by atoms with van der Waals surface area (Å²) in [4.78, 5) is 29.1. The molecule has 2 heterocycles. The molecular weight excluding hydrogens is 372 g/mol. The van der Waals surface area contributed by atoms with Gasteiger partial charge in [0.15, 0.2) is 11.2 Å². The van der Waals surface area contributed by atoms with E-state index in [0.717, 1.165) is 10.0 Å². The van der Waals surface area contributed by atoms with E-state index >= 15 is 0 Å². The Kier molecular flexibility index (Phi) is 3.70. The van der Waals surface area contributed by atoms with Crippen molar-refractivity contribution in [3.8, 4) is 0 Å². The summed E-state index contributed by atoms with van der Waals surface area (Å²) in [6.45, 7) is 0.192. The second-order valence-electron chi connectivity index (χ2n) is 4.97. The Balaban J connectivity index is 2.26. The van der Waals surface area contributed by atoms with Gasteiger partial charge in [0.1, 0.15) is 0 Å². The molecule has 0 bridgehead atoms. The smallest absolute Gasteiger partial charge is 0.312 e. The van der Waals surface area contributed by atoms with E-state index in [1.165, 1.54) is 13.7 Å². The molecular formula is C14H12BrClN4O2. The lowest BCUT2D eigenvalue weighted by molar-refractivity contribution is 0.655. The molecule has 114 valence electrons. The summed E-state index contributed by atoms with van der Waals surface area (Å²) in [5.41, 5.74) is 0.631. The normalized spacial score (nSPS) is 11.3. The average molecular weight is 384 g/mol. The van der Waals surface area contributed by atoms with E-state index < -0.39 is 11.2 Å². The zero-order chi connectivity index (χ0) is 16.0. The highest BCUT2D eigenvalue weighted by Crippen LogP contribution is 2.14. The Hall–Kier alpha value is -1.86. The van der Waals surface area contributed by atoms with Crippen LogP contribution in [0.25, 0.3) is 11.2 Å². The molecule has 0 aliphatic rings. The van der Waals surface area contributed by atoms with Crippen LogP contribution in [0.3, 0.4) is 0 Å². The molecule has 3 aromatic rings. The molecule has 0 radical (unpaired) electrons. The van der Waals surface area contributed by atoms with Gasteiger partial charge in [-0.15, -0.1) is 0 Å². The van der Waals surface area contributed by atoms with Gasteiger partial charge in [-0.05, 0) is 29.3 Å². The molecule has 0 unspecified atom stereocenters. The van der Waals surface area contributed by atoms with Crippen LogP contribution in [0.5, 0.6) is 0 Å². The first-order valence-electron chi connectivity index (χ1n) is 6.46. The number of halogens is 2. The number of nitrogens with zero attached hydrogens (tertiary/aromatic N) is 4. The van der Waals surface area contributed by atoms with Gasteiger partial charge in [0.05, 0.1) is 6.54 Å². The largest absolute Gasteiger partial charge is 0.332 e. The highest BCUT2D eigenvalue weighted by molar-refractivity contribution is 9.10. The SMILES string of the molecule is Cn1c(Cl)nc2c1c(=O)n(Cc1ccc(Br)cc1)c(=O)n2C. The van der Waals surface area contributed by atoms with Crippen LogP contribution in [0.2, 0.25) is 5.28 Å². The zero-order valence-corrected chi connectivity index (χ0v) is 14.2. The van der Waals surface area contributed by atoms with Gasteiger partial charge in [0.2, 0.25) is 5.28 Å². The molecule has 0 spiro atoms. The van der Waals surface area contributed by atoms with E-state index in [9.17, 15) is 9.59 Å². The zero-order valence-electron chi connectivity index (χ0n) is 11.9. The predicted octanol–water partition coefficient (Wildman–Crippen LogP) is 1.90. The molecule has 0 fully saturated rings. The van der Waals surface area contributed by atoms with E-state index in [4.69, 9.17) is 11.6 Å². The fraction of sp³-hybridized carbons (Fsp3) is 0.214. The summed E-state index contributed by atoms with van der Waals surface area (Å²) < 4.78 is 4.94. The highest BCUT2D eigenvalue weighted by atomic mass is 79.9. The van der Waals surface area contributed by atoms with Gasteiger partial charge in [0.25, 0.3) is 5.56 Å². The van der Waals surface area contributed by atoms with Gasteiger partial charge in [-0.25, -0.2) is 4.79 Å². The second-order valence-corrected chi connectivity index (χ2v) is 6.23. The molecule has 8 heteroatoms. The summed E-state index contributed by atoms with van der Waals surface area (Å²) in [5.74, 6) is 0. The molecule has 0 N–H and O–H groups in total. The first kappa shape index (κ1) is 15.1. The molecule has 0 aliphatic heterocycles. The van der Waals surface area contributed by atoms with Crippen LogP contribution in [-0.4, -0.2) is 18.7 Å². The molecule has 1 aromatic carbocycles. The van der Waals surface area contributed by atoms with E-state index in [0.29, 0.717) is 5.52 Å². The van der Waals surface area contributed by atoms with Crippen LogP contribution in [-0.2, 0) is 20.6 Å². The Bertz CT molecular complexity index is 985. The maximum absolute atomic E-state index is 12.6. The Morgan fingerprint density at radius 2 is 1.77 bits per heavy atom. The fourth-order valence-corrected chi connectivity index (χ4v) is 2.76. The summed E-state index contributed by atoms with van der Waals surface area (Å²) in [7, 11) is 3.22. The lowest BCUT2D eigenvalue weighted by Gasteiger charge is -2.08. The molecule has 0 aliphatic carbocycles. The van der Waals surface area contributed by atoms with E-state index in [-0.39, 0.29) is 17.5 Å². The average Bonchev–Trinajstić information content (AvgIpc) is 2.79. The number of fused-ring (bicyclic) bond motifs is 1. The number of aryl methyl sites for hydroxylation is 2. The number of hydrogen-bond acceptors (Lipinski definition) is 3. The quantitative estimate of drug-likeness (QED) is 0.635. The topological polar surface area (TPSA) is 61.8 Å². The van der Waals surface area contributed by atoms with Crippen LogP contribution < -0.4 is 11.2 Å². The van der Waals surface area contributed by atoms with Crippen molar-refractivity contribution >= 4 is 38.7 Å². The first-order chi connectivity index (χ1) is 10.4. The monoisotopic (exact) mass is 382 g/mol. The highest BCUT2D eigenvalue weighted by Gasteiger charge is 2.17. The lowest BCUT2D eigenvalue weighted by Crippen LogP contribution is -2.39. The van der Waals surface area contributed by atoms with Gasteiger partial charge < -0.3 is 4.57 Å². The Labute approximate surface area is 138 Å². The minimum absolute atomic E-state index is 0.170. The predicted molar refractivity (Wildman–Crippen MR) is 88.5 cm³/mol. The standard InChI is InChI=1S/C14H12BrClN4O2/c1-18-10-11(17-13(18)16)19(2)14(22)20(12(10)21)7-8-3-5-9(15)6-4-8/h3-6H,7H2,1-2H3. The maximum Gasteiger partial charge on any atom is 0.332 e. The van der Waals surface area contributed by atoms with Crippen LogP contribution in [0.4, 0.5) is 0 Å². The van der Waals surface area contributed by atoms with Gasteiger partial charge in [0, 0.05) is 18.6 Å². The molecule has 0 atom stereocenters. The van der Waals surface area contributed by atoms with Crippen molar-refractivity contribution in [3.63, 3.8) is 0 Å². The number of aromatic nitrogens is 4. The van der Waals surface area contributed by atoms with E-state index in [1.54, 1.807) is 14.1 Å².